The first-order valence-corrected chi connectivity index (χ1v) is 4.93. The van der Waals surface area contributed by atoms with Crippen molar-refractivity contribution in [3.8, 4) is 11.4 Å². The lowest BCUT2D eigenvalue weighted by molar-refractivity contribution is 0.100. The van der Waals surface area contributed by atoms with Crippen LogP contribution in [0.15, 0.2) is 36.7 Å². The minimum absolute atomic E-state index is 0.345. The zero-order valence-corrected chi connectivity index (χ0v) is 8.98. The van der Waals surface area contributed by atoms with Gasteiger partial charge in [-0.1, -0.05) is 11.6 Å². The van der Waals surface area contributed by atoms with Gasteiger partial charge >= 0.3 is 0 Å². The first-order chi connectivity index (χ1) is 7.68. The van der Waals surface area contributed by atoms with E-state index in [0.29, 0.717) is 22.0 Å². The number of carbonyl (C=O) groups excluding carboxylic acids is 1. The minimum atomic E-state index is -0.528. The molecular weight excluding hydrogens is 226 g/mol. The molecule has 0 spiro atoms. The summed E-state index contributed by atoms with van der Waals surface area (Å²) in [6.45, 7) is 0. The van der Waals surface area contributed by atoms with Crippen LogP contribution in [0.4, 0.5) is 0 Å². The predicted octanol–water partition coefficient (Wildman–Crippen LogP) is 1.90. The maximum Gasteiger partial charge on any atom is 0.250 e. The molecule has 2 aromatic heterocycles. The molecule has 0 aliphatic heterocycles. The summed E-state index contributed by atoms with van der Waals surface area (Å²) in [6.07, 6.45) is 3.08. The van der Waals surface area contributed by atoms with Gasteiger partial charge in [-0.3, -0.25) is 14.8 Å². The molecule has 0 saturated heterocycles. The number of carbonyl (C=O) groups is 1. The van der Waals surface area contributed by atoms with Gasteiger partial charge in [0.1, 0.15) is 5.69 Å². The molecule has 0 bridgehead atoms. The topological polar surface area (TPSA) is 68.9 Å². The molecule has 0 aliphatic carbocycles. The molecule has 2 N–H and O–H groups in total. The Bertz CT molecular complexity index is 525. The zero-order valence-electron chi connectivity index (χ0n) is 8.22. The molecule has 2 heterocycles. The molecule has 0 aliphatic rings. The van der Waals surface area contributed by atoms with Crippen molar-refractivity contribution in [2.75, 3.05) is 0 Å². The van der Waals surface area contributed by atoms with Gasteiger partial charge in [0, 0.05) is 12.4 Å². The van der Waals surface area contributed by atoms with Gasteiger partial charge in [0.15, 0.2) is 0 Å². The third kappa shape index (κ3) is 2.01. The lowest BCUT2D eigenvalue weighted by Gasteiger charge is -2.04. The van der Waals surface area contributed by atoms with E-state index in [1.165, 1.54) is 6.20 Å². The number of nitrogens with zero attached hydrogens (tertiary/aromatic N) is 2. The molecule has 0 atom stereocenters. The van der Waals surface area contributed by atoms with E-state index in [0.717, 1.165) is 0 Å². The number of pyridine rings is 2. The lowest BCUT2D eigenvalue weighted by atomic mass is 10.1. The fraction of sp³-hybridized carbons (Fsp3) is 0. The van der Waals surface area contributed by atoms with Gasteiger partial charge in [0.25, 0.3) is 5.91 Å². The Morgan fingerprint density at radius 3 is 2.69 bits per heavy atom. The Balaban J connectivity index is 2.55. The van der Waals surface area contributed by atoms with Gasteiger partial charge in [0.05, 0.1) is 16.3 Å². The van der Waals surface area contributed by atoms with Crippen molar-refractivity contribution >= 4 is 17.5 Å². The standard InChI is InChI=1S/C11H8ClN3O/c12-7-3-4-9(15-6-7)10-8(11(13)16)2-1-5-14-10/h1-6H,(H2,13,16). The summed E-state index contributed by atoms with van der Waals surface area (Å²) in [5, 5.41) is 0.528. The fourth-order valence-electron chi connectivity index (χ4n) is 1.32. The van der Waals surface area contributed by atoms with Crippen molar-refractivity contribution in [2.45, 2.75) is 0 Å². The SMILES string of the molecule is NC(=O)c1cccnc1-c1ccc(Cl)cn1. The second-order valence-electron chi connectivity index (χ2n) is 3.13. The van der Waals surface area contributed by atoms with Crippen LogP contribution in [0.1, 0.15) is 10.4 Å². The summed E-state index contributed by atoms with van der Waals surface area (Å²) >= 11 is 5.73. The molecule has 80 valence electrons. The highest BCUT2D eigenvalue weighted by atomic mass is 35.5. The van der Waals surface area contributed by atoms with Gasteiger partial charge in [0.2, 0.25) is 0 Å². The van der Waals surface area contributed by atoms with Crippen molar-refractivity contribution in [3.05, 3.63) is 47.2 Å². The van der Waals surface area contributed by atoms with Crippen LogP contribution in [0.25, 0.3) is 11.4 Å². The van der Waals surface area contributed by atoms with E-state index >= 15 is 0 Å². The highest BCUT2D eigenvalue weighted by Gasteiger charge is 2.11. The third-order valence-corrected chi connectivity index (χ3v) is 2.27. The van der Waals surface area contributed by atoms with E-state index in [-0.39, 0.29) is 0 Å². The van der Waals surface area contributed by atoms with Crippen LogP contribution in [0.2, 0.25) is 5.02 Å². The van der Waals surface area contributed by atoms with E-state index in [1.54, 1.807) is 30.5 Å². The molecule has 4 nitrogen and oxygen atoms in total. The summed E-state index contributed by atoms with van der Waals surface area (Å²) in [4.78, 5) is 19.4. The van der Waals surface area contributed by atoms with Crippen molar-refractivity contribution in [1.29, 1.82) is 0 Å². The lowest BCUT2D eigenvalue weighted by Crippen LogP contribution is -2.13. The van der Waals surface area contributed by atoms with E-state index in [4.69, 9.17) is 17.3 Å². The van der Waals surface area contributed by atoms with Crippen molar-refractivity contribution in [3.63, 3.8) is 0 Å². The van der Waals surface area contributed by atoms with E-state index in [9.17, 15) is 4.79 Å². The van der Waals surface area contributed by atoms with Crippen LogP contribution in [-0.4, -0.2) is 15.9 Å². The van der Waals surface area contributed by atoms with Crippen LogP contribution in [-0.2, 0) is 0 Å². The molecule has 0 unspecified atom stereocenters. The number of rotatable bonds is 2. The van der Waals surface area contributed by atoms with E-state index in [2.05, 4.69) is 9.97 Å². The Morgan fingerprint density at radius 2 is 2.06 bits per heavy atom. The number of hydrogen-bond acceptors (Lipinski definition) is 3. The molecule has 0 radical (unpaired) electrons. The zero-order chi connectivity index (χ0) is 11.5. The molecule has 0 aromatic carbocycles. The Hall–Kier alpha value is -1.94. The van der Waals surface area contributed by atoms with Crippen LogP contribution >= 0.6 is 11.6 Å². The van der Waals surface area contributed by atoms with Crippen molar-refractivity contribution in [1.82, 2.24) is 9.97 Å². The predicted molar refractivity (Wildman–Crippen MR) is 61.0 cm³/mol. The smallest absolute Gasteiger partial charge is 0.250 e. The summed E-state index contributed by atoms with van der Waals surface area (Å²) in [7, 11) is 0. The minimum Gasteiger partial charge on any atom is -0.366 e. The molecule has 2 aromatic rings. The normalized spacial score (nSPS) is 10.1. The van der Waals surface area contributed by atoms with E-state index < -0.39 is 5.91 Å². The number of halogens is 1. The average Bonchev–Trinajstić information content (AvgIpc) is 2.30. The molecule has 2 rings (SSSR count). The van der Waals surface area contributed by atoms with Crippen LogP contribution in [0.3, 0.4) is 0 Å². The molecule has 0 saturated carbocycles. The Morgan fingerprint density at radius 1 is 1.25 bits per heavy atom. The average molecular weight is 234 g/mol. The van der Waals surface area contributed by atoms with Crippen LogP contribution < -0.4 is 5.73 Å². The molecule has 0 fully saturated rings. The number of nitrogens with two attached hydrogens (primary N) is 1. The van der Waals surface area contributed by atoms with Gasteiger partial charge < -0.3 is 5.73 Å². The maximum atomic E-state index is 11.2. The Kier molecular flexibility index (Phi) is 2.83. The largest absolute Gasteiger partial charge is 0.366 e. The number of hydrogen-bond donors (Lipinski definition) is 1. The first-order valence-electron chi connectivity index (χ1n) is 4.55. The molecule has 5 heteroatoms. The quantitative estimate of drug-likeness (QED) is 0.861. The van der Waals surface area contributed by atoms with Gasteiger partial charge in [-0.05, 0) is 24.3 Å². The highest BCUT2D eigenvalue weighted by molar-refractivity contribution is 6.30. The summed E-state index contributed by atoms with van der Waals surface area (Å²) in [5.41, 5.74) is 6.63. The highest BCUT2D eigenvalue weighted by Crippen LogP contribution is 2.19. The summed E-state index contributed by atoms with van der Waals surface area (Å²) in [5.74, 6) is -0.528. The van der Waals surface area contributed by atoms with Gasteiger partial charge in [-0.25, -0.2) is 0 Å². The molecular formula is C11H8ClN3O. The number of amides is 1. The summed E-state index contributed by atoms with van der Waals surface area (Å²) < 4.78 is 0. The summed E-state index contributed by atoms with van der Waals surface area (Å²) in [6, 6.07) is 6.64. The molecule has 1 amide bonds. The Labute approximate surface area is 97.1 Å². The van der Waals surface area contributed by atoms with Gasteiger partial charge in [-0.2, -0.15) is 0 Å². The second-order valence-corrected chi connectivity index (χ2v) is 3.56. The maximum absolute atomic E-state index is 11.2. The first kappa shape index (κ1) is 10.6. The van der Waals surface area contributed by atoms with Crippen LogP contribution in [0, 0.1) is 0 Å². The molecule has 16 heavy (non-hydrogen) atoms. The fourth-order valence-corrected chi connectivity index (χ4v) is 1.44. The second kappa shape index (κ2) is 4.28. The van der Waals surface area contributed by atoms with Crippen LogP contribution in [0.5, 0.6) is 0 Å². The van der Waals surface area contributed by atoms with Crippen molar-refractivity contribution in [2.24, 2.45) is 5.73 Å². The monoisotopic (exact) mass is 233 g/mol. The number of primary amides is 1. The third-order valence-electron chi connectivity index (χ3n) is 2.04. The number of aromatic nitrogens is 2. The van der Waals surface area contributed by atoms with Gasteiger partial charge in [-0.15, -0.1) is 0 Å². The van der Waals surface area contributed by atoms with Crippen molar-refractivity contribution < 1.29 is 4.79 Å². The van der Waals surface area contributed by atoms with E-state index in [1.807, 2.05) is 0 Å².